The quantitative estimate of drug-likeness (QED) is 0.479. The molecule has 0 bridgehead atoms. The van der Waals surface area contributed by atoms with Crippen LogP contribution in [-0.2, 0) is 23.8 Å². The molecular weight excluding hydrogens is 476 g/mol. The van der Waals surface area contributed by atoms with Crippen molar-refractivity contribution in [3.8, 4) is 0 Å². The summed E-state index contributed by atoms with van der Waals surface area (Å²) in [4.78, 5) is 36.4. The molecule has 0 aliphatic heterocycles. The molecule has 2 aromatic carbocycles. The van der Waals surface area contributed by atoms with Gasteiger partial charge in [0.15, 0.2) is 0 Å². The molecule has 3 aromatic rings. The Bertz CT molecular complexity index is 1210. The van der Waals surface area contributed by atoms with Gasteiger partial charge in [0.1, 0.15) is 17.5 Å². The first-order valence-corrected chi connectivity index (χ1v) is 10.9. The molecule has 8 nitrogen and oxygen atoms in total. The van der Waals surface area contributed by atoms with E-state index in [1.807, 2.05) is 0 Å². The van der Waals surface area contributed by atoms with Gasteiger partial charge in [0.2, 0.25) is 0 Å². The predicted molar refractivity (Wildman–Crippen MR) is 131 cm³/mol. The van der Waals surface area contributed by atoms with Gasteiger partial charge in [-0.05, 0) is 42.0 Å². The molecule has 0 unspecified atom stereocenters. The summed E-state index contributed by atoms with van der Waals surface area (Å²) in [6, 6.07) is 10.9. The van der Waals surface area contributed by atoms with Crippen LogP contribution in [0.4, 0.5) is 30.5 Å². The molecule has 0 aliphatic rings. The van der Waals surface area contributed by atoms with Gasteiger partial charge in [0.25, 0.3) is 5.91 Å². The molecule has 0 atom stereocenters. The van der Waals surface area contributed by atoms with Crippen LogP contribution in [-0.4, -0.2) is 55.1 Å². The Labute approximate surface area is 206 Å². The molecule has 1 amide bonds. The van der Waals surface area contributed by atoms with Gasteiger partial charge < -0.3 is 20.2 Å². The van der Waals surface area contributed by atoms with Crippen LogP contribution in [0.1, 0.15) is 32.9 Å². The standard InChI is InChI=1S/C25H26F3N5O3/c1-32(2)22-19(14-21(34)35)23(33(3)4)31-20(30-22)13-15-5-11-18(12-6-15)29-24(36)16-7-9-17(10-8-16)25(26,27)28/h5-12H,13-14H2,1-4H3,(H,29,36)(H,34,35)/i5+1. The maximum Gasteiger partial charge on any atom is 0.416 e. The lowest BCUT2D eigenvalue weighted by Crippen LogP contribution is -2.22. The minimum atomic E-state index is -4.47. The van der Waals surface area contributed by atoms with E-state index in [1.54, 1.807) is 62.3 Å². The Kier molecular flexibility index (Phi) is 7.81. The zero-order chi connectivity index (χ0) is 26.6. The van der Waals surface area contributed by atoms with Gasteiger partial charge in [-0.25, -0.2) is 9.97 Å². The number of carbonyl (C=O) groups is 2. The van der Waals surface area contributed by atoms with Crippen molar-refractivity contribution in [2.45, 2.75) is 19.0 Å². The Hall–Kier alpha value is -4.15. The number of nitrogens with one attached hydrogen (secondary N) is 1. The number of aliphatic carboxylic acids is 1. The van der Waals surface area contributed by atoms with Crippen LogP contribution in [0.25, 0.3) is 0 Å². The van der Waals surface area contributed by atoms with Crippen molar-refractivity contribution in [3.63, 3.8) is 0 Å². The average Bonchev–Trinajstić information content (AvgIpc) is 2.80. The molecule has 0 spiro atoms. The summed E-state index contributed by atoms with van der Waals surface area (Å²) in [5, 5.41) is 12.0. The molecule has 11 heteroatoms. The number of carbonyl (C=O) groups excluding carboxylic acids is 1. The summed E-state index contributed by atoms with van der Waals surface area (Å²) in [5.41, 5.74) is 1.13. The van der Waals surface area contributed by atoms with E-state index in [1.165, 1.54) is 0 Å². The van der Waals surface area contributed by atoms with E-state index in [-0.39, 0.29) is 12.0 Å². The van der Waals surface area contributed by atoms with Gasteiger partial charge in [-0.2, -0.15) is 13.2 Å². The van der Waals surface area contributed by atoms with E-state index in [4.69, 9.17) is 0 Å². The lowest BCUT2D eigenvalue weighted by molar-refractivity contribution is -0.138. The van der Waals surface area contributed by atoms with E-state index in [0.717, 1.165) is 29.8 Å². The molecule has 0 fully saturated rings. The number of carboxylic acid groups (broad SMARTS) is 1. The van der Waals surface area contributed by atoms with Crippen molar-refractivity contribution in [3.05, 3.63) is 76.6 Å². The molecule has 0 saturated carbocycles. The largest absolute Gasteiger partial charge is 0.481 e. The lowest BCUT2D eigenvalue weighted by atomic mass is 10.1. The SMILES string of the molecule is CN(C)c1nc(Cc2ccc(NC(=O)c3ccc(C(F)(F)F)cc3)c[13cH]2)nc(N(C)C)c1CC(=O)O. The molecular formula is C25H26F3N5O3. The fourth-order valence-electron chi connectivity index (χ4n) is 3.54. The summed E-state index contributed by atoms with van der Waals surface area (Å²) in [6.45, 7) is 0. The van der Waals surface area contributed by atoms with Gasteiger partial charge in [-0.3, -0.25) is 9.59 Å². The first-order chi connectivity index (χ1) is 16.8. The Morgan fingerprint density at radius 1 is 0.889 bits per heavy atom. The van der Waals surface area contributed by atoms with Gasteiger partial charge >= 0.3 is 12.1 Å². The number of hydrogen-bond donors (Lipinski definition) is 2. The summed E-state index contributed by atoms with van der Waals surface area (Å²) in [5.74, 6) is 0.0303. The highest BCUT2D eigenvalue weighted by Gasteiger charge is 2.30. The first kappa shape index (κ1) is 26.5. The molecule has 0 saturated heterocycles. The third-order valence-electron chi connectivity index (χ3n) is 5.23. The molecule has 0 aliphatic carbocycles. The number of halogens is 3. The third kappa shape index (κ3) is 6.49. The number of benzene rings is 2. The van der Waals surface area contributed by atoms with E-state index >= 15 is 0 Å². The summed E-state index contributed by atoms with van der Waals surface area (Å²) < 4.78 is 38.1. The maximum absolute atomic E-state index is 12.7. The van der Waals surface area contributed by atoms with Gasteiger partial charge in [0, 0.05) is 51.4 Å². The van der Waals surface area contributed by atoms with Crippen LogP contribution in [0.3, 0.4) is 0 Å². The van der Waals surface area contributed by atoms with Crippen LogP contribution in [0.2, 0.25) is 0 Å². The van der Waals surface area contributed by atoms with E-state index in [0.29, 0.717) is 35.1 Å². The van der Waals surface area contributed by atoms with Crippen molar-refractivity contribution in [1.82, 2.24) is 9.97 Å². The topological polar surface area (TPSA) is 98.7 Å². The van der Waals surface area contributed by atoms with Crippen molar-refractivity contribution >= 4 is 29.2 Å². The second kappa shape index (κ2) is 10.6. The Morgan fingerprint density at radius 3 is 1.86 bits per heavy atom. The van der Waals surface area contributed by atoms with Gasteiger partial charge in [-0.1, -0.05) is 12.1 Å². The fraction of sp³-hybridized carbons (Fsp3) is 0.280. The number of amides is 1. The number of rotatable bonds is 8. The van der Waals surface area contributed by atoms with Crippen LogP contribution < -0.4 is 15.1 Å². The minimum absolute atomic E-state index is 0.106. The summed E-state index contributed by atoms with van der Waals surface area (Å²) >= 11 is 0. The highest BCUT2D eigenvalue weighted by molar-refractivity contribution is 6.04. The summed E-state index contributed by atoms with van der Waals surface area (Å²) in [6.07, 6.45) is -4.32. The zero-order valence-electron chi connectivity index (χ0n) is 20.2. The van der Waals surface area contributed by atoms with Crippen LogP contribution in [0.15, 0.2) is 48.5 Å². The molecule has 2 N–H and O–H groups in total. The molecule has 0 radical (unpaired) electrons. The monoisotopic (exact) mass is 502 g/mol. The Morgan fingerprint density at radius 2 is 1.42 bits per heavy atom. The minimum Gasteiger partial charge on any atom is -0.481 e. The maximum atomic E-state index is 12.7. The average molecular weight is 503 g/mol. The van der Waals surface area contributed by atoms with Crippen molar-refractivity contribution in [1.29, 1.82) is 0 Å². The molecule has 1 heterocycles. The number of alkyl halides is 3. The smallest absolute Gasteiger partial charge is 0.416 e. The normalized spacial score (nSPS) is 11.2. The number of carboxylic acids is 1. The third-order valence-corrected chi connectivity index (χ3v) is 5.23. The van der Waals surface area contributed by atoms with Crippen LogP contribution in [0.5, 0.6) is 0 Å². The molecule has 3 rings (SSSR count). The van der Waals surface area contributed by atoms with Crippen molar-refractivity contribution in [2.24, 2.45) is 0 Å². The van der Waals surface area contributed by atoms with E-state index in [9.17, 15) is 27.9 Å². The van der Waals surface area contributed by atoms with Crippen LogP contribution in [0, 0.1) is 0 Å². The first-order valence-electron chi connectivity index (χ1n) is 10.9. The number of nitrogens with zero attached hydrogens (tertiary/aromatic N) is 4. The van der Waals surface area contributed by atoms with Crippen molar-refractivity contribution < 1.29 is 27.9 Å². The fourth-order valence-corrected chi connectivity index (χ4v) is 3.54. The number of anilines is 3. The Balaban J connectivity index is 1.77. The van der Waals surface area contributed by atoms with Crippen LogP contribution >= 0.6 is 0 Å². The van der Waals surface area contributed by atoms with Gasteiger partial charge in [0.05, 0.1) is 12.0 Å². The highest BCUT2D eigenvalue weighted by atomic mass is 19.4. The molecule has 1 aromatic heterocycles. The number of hydrogen-bond acceptors (Lipinski definition) is 6. The van der Waals surface area contributed by atoms with E-state index < -0.39 is 23.6 Å². The number of aromatic nitrogens is 2. The van der Waals surface area contributed by atoms with E-state index in [2.05, 4.69) is 15.3 Å². The summed E-state index contributed by atoms with van der Waals surface area (Å²) in [7, 11) is 7.13. The zero-order valence-corrected chi connectivity index (χ0v) is 20.2. The van der Waals surface area contributed by atoms with Crippen molar-refractivity contribution in [2.75, 3.05) is 43.3 Å². The second-order valence-electron chi connectivity index (χ2n) is 8.53. The predicted octanol–water partition coefficient (Wildman–Crippen LogP) is 4.10. The lowest BCUT2D eigenvalue weighted by Gasteiger charge is -2.22. The molecule has 36 heavy (non-hydrogen) atoms. The van der Waals surface area contributed by atoms with Gasteiger partial charge in [-0.15, -0.1) is 0 Å². The molecule has 190 valence electrons. The second-order valence-corrected chi connectivity index (χ2v) is 8.53. The highest BCUT2D eigenvalue weighted by Crippen LogP contribution is 2.29.